The van der Waals surface area contributed by atoms with Crippen molar-refractivity contribution in [3.05, 3.63) is 0 Å². The highest BCUT2D eigenvalue weighted by molar-refractivity contribution is 14.0. The van der Waals surface area contributed by atoms with Gasteiger partial charge < -0.3 is 19.9 Å². The third kappa shape index (κ3) is 8.20. The van der Waals surface area contributed by atoms with Crippen LogP contribution in [0.3, 0.4) is 0 Å². The zero-order valence-corrected chi connectivity index (χ0v) is 20.4. The van der Waals surface area contributed by atoms with E-state index in [2.05, 4.69) is 20.1 Å². The van der Waals surface area contributed by atoms with Crippen LogP contribution in [-0.2, 0) is 9.53 Å². The minimum Gasteiger partial charge on any atom is -0.376 e. The van der Waals surface area contributed by atoms with Crippen LogP contribution >= 0.6 is 24.0 Å². The fraction of sp³-hybridized carbons (Fsp3) is 0.905. The summed E-state index contributed by atoms with van der Waals surface area (Å²) in [5.74, 6) is 1.25. The van der Waals surface area contributed by atoms with Crippen LogP contribution in [0.1, 0.15) is 51.4 Å². The quantitative estimate of drug-likeness (QED) is 0.191. The SMILES string of the molecule is CN=C(NCCOC1CCCCCC1)N1CCN(CC(=O)N2CCCC2)CC1.I. The molecule has 0 bridgehead atoms. The predicted molar refractivity (Wildman–Crippen MR) is 128 cm³/mol. The summed E-state index contributed by atoms with van der Waals surface area (Å²) in [7, 11) is 1.85. The molecule has 3 fully saturated rings. The van der Waals surface area contributed by atoms with E-state index in [4.69, 9.17) is 4.74 Å². The first kappa shape index (κ1) is 24.7. The molecule has 0 aromatic rings. The summed E-state index contributed by atoms with van der Waals surface area (Å²) in [4.78, 5) is 23.4. The predicted octanol–water partition coefficient (Wildman–Crippen LogP) is 2.16. The fourth-order valence-corrected chi connectivity index (χ4v) is 4.50. The lowest BCUT2D eigenvalue weighted by molar-refractivity contribution is -0.131. The topological polar surface area (TPSA) is 60.4 Å². The van der Waals surface area contributed by atoms with E-state index in [1.165, 1.54) is 38.5 Å². The molecule has 1 amide bonds. The standard InChI is InChI=1S/C21H39N5O2.HI/c1-22-21(23-10-17-28-19-8-4-2-3-5-9-19)26-15-13-24(14-16-26)18-20(27)25-11-6-7-12-25;/h19H,2-18H2,1H3,(H,22,23);1H. The number of carbonyl (C=O) groups excluding carboxylic acids is 1. The first-order valence-corrected chi connectivity index (χ1v) is 11.3. The van der Waals surface area contributed by atoms with Gasteiger partial charge in [0.2, 0.25) is 5.91 Å². The number of hydrogen-bond donors (Lipinski definition) is 1. The van der Waals surface area contributed by atoms with Gasteiger partial charge in [0.05, 0.1) is 19.3 Å². The number of carbonyl (C=O) groups is 1. The molecule has 0 spiro atoms. The van der Waals surface area contributed by atoms with Gasteiger partial charge in [-0.3, -0.25) is 14.7 Å². The Kier molecular flexibility index (Phi) is 11.6. The van der Waals surface area contributed by atoms with Crippen molar-refractivity contribution in [2.24, 2.45) is 4.99 Å². The van der Waals surface area contributed by atoms with Crippen LogP contribution in [0, 0.1) is 0 Å². The maximum absolute atomic E-state index is 12.3. The molecule has 3 rings (SSSR count). The Hall–Kier alpha value is -0.610. The zero-order valence-electron chi connectivity index (χ0n) is 18.1. The van der Waals surface area contributed by atoms with Gasteiger partial charge in [-0.2, -0.15) is 0 Å². The van der Waals surface area contributed by atoms with Crippen LogP contribution in [0.25, 0.3) is 0 Å². The molecule has 3 aliphatic rings. The molecule has 0 aromatic heterocycles. The lowest BCUT2D eigenvalue weighted by atomic mass is 10.1. The molecule has 168 valence electrons. The molecule has 0 aromatic carbocycles. The normalized spacial score (nSPS) is 22.3. The number of nitrogens with zero attached hydrogens (tertiary/aromatic N) is 4. The molecule has 7 nitrogen and oxygen atoms in total. The molecule has 2 heterocycles. The molecule has 8 heteroatoms. The van der Waals surface area contributed by atoms with Crippen molar-refractivity contribution >= 4 is 35.8 Å². The van der Waals surface area contributed by atoms with Crippen molar-refractivity contribution in [2.45, 2.75) is 57.5 Å². The molecule has 2 saturated heterocycles. The van der Waals surface area contributed by atoms with Crippen LogP contribution in [0.15, 0.2) is 4.99 Å². The number of aliphatic imine (C=N–C) groups is 1. The number of piperazine rings is 1. The van der Waals surface area contributed by atoms with E-state index < -0.39 is 0 Å². The van der Waals surface area contributed by atoms with Crippen molar-refractivity contribution in [3.63, 3.8) is 0 Å². The van der Waals surface area contributed by atoms with Gasteiger partial charge in [0.15, 0.2) is 5.96 Å². The molecular formula is C21H40IN5O2. The van der Waals surface area contributed by atoms with Crippen molar-refractivity contribution < 1.29 is 9.53 Å². The second-order valence-electron chi connectivity index (χ2n) is 8.31. The van der Waals surface area contributed by atoms with Crippen molar-refractivity contribution in [2.75, 3.05) is 66.0 Å². The number of rotatable bonds is 6. The first-order chi connectivity index (χ1) is 13.8. The molecule has 2 aliphatic heterocycles. The molecule has 0 unspecified atom stereocenters. The maximum atomic E-state index is 12.3. The Morgan fingerprint density at radius 1 is 0.931 bits per heavy atom. The average molecular weight is 521 g/mol. The van der Waals surface area contributed by atoms with E-state index in [0.29, 0.717) is 18.6 Å². The van der Waals surface area contributed by atoms with Gasteiger partial charge >= 0.3 is 0 Å². The Morgan fingerprint density at radius 2 is 1.59 bits per heavy atom. The van der Waals surface area contributed by atoms with Gasteiger partial charge in [-0.05, 0) is 25.7 Å². The van der Waals surface area contributed by atoms with Gasteiger partial charge in [-0.1, -0.05) is 25.7 Å². The van der Waals surface area contributed by atoms with Gasteiger partial charge in [0, 0.05) is 52.9 Å². The van der Waals surface area contributed by atoms with Crippen LogP contribution in [0.2, 0.25) is 0 Å². The molecule has 1 aliphatic carbocycles. The van der Waals surface area contributed by atoms with Crippen molar-refractivity contribution in [1.29, 1.82) is 0 Å². The fourth-order valence-electron chi connectivity index (χ4n) is 4.50. The number of halogens is 1. The number of likely N-dealkylation sites (tertiary alicyclic amines) is 1. The zero-order chi connectivity index (χ0) is 19.6. The first-order valence-electron chi connectivity index (χ1n) is 11.3. The van der Waals surface area contributed by atoms with E-state index in [1.807, 2.05) is 11.9 Å². The van der Waals surface area contributed by atoms with Crippen LogP contribution in [-0.4, -0.2) is 98.7 Å². The summed E-state index contributed by atoms with van der Waals surface area (Å²) in [6.07, 6.45) is 10.5. The number of amides is 1. The Balaban J connectivity index is 0.00000300. The number of guanidine groups is 1. The van der Waals surface area contributed by atoms with E-state index in [1.54, 1.807) is 0 Å². The van der Waals surface area contributed by atoms with E-state index in [9.17, 15) is 4.79 Å². The summed E-state index contributed by atoms with van der Waals surface area (Å²) >= 11 is 0. The second kappa shape index (κ2) is 13.6. The largest absolute Gasteiger partial charge is 0.376 e. The minimum absolute atomic E-state index is 0. The van der Waals surface area contributed by atoms with Gasteiger partial charge in [-0.25, -0.2) is 0 Å². The minimum atomic E-state index is 0. The summed E-state index contributed by atoms with van der Waals surface area (Å²) in [6, 6.07) is 0. The highest BCUT2D eigenvalue weighted by atomic mass is 127. The Labute approximate surface area is 193 Å². The smallest absolute Gasteiger partial charge is 0.236 e. The highest BCUT2D eigenvalue weighted by Gasteiger charge is 2.24. The summed E-state index contributed by atoms with van der Waals surface area (Å²) in [6.45, 7) is 7.65. The third-order valence-corrected chi connectivity index (χ3v) is 6.24. The lowest BCUT2D eigenvalue weighted by Crippen LogP contribution is -2.54. The van der Waals surface area contributed by atoms with Crippen LogP contribution in [0.4, 0.5) is 0 Å². The maximum Gasteiger partial charge on any atom is 0.236 e. The highest BCUT2D eigenvalue weighted by Crippen LogP contribution is 2.19. The summed E-state index contributed by atoms with van der Waals surface area (Å²) in [5, 5.41) is 3.45. The second-order valence-corrected chi connectivity index (χ2v) is 8.31. The van der Waals surface area contributed by atoms with Crippen molar-refractivity contribution in [1.82, 2.24) is 20.0 Å². The van der Waals surface area contributed by atoms with E-state index >= 15 is 0 Å². The molecule has 0 radical (unpaired) electrons. The number of hydrogen-bond acceptors (Lipinski definition) is 4. The molecule has 0 atom stereocenters. The van der Waals surface area contributed by atoms with Crippen LogP contribution in [0.5, 0.6) is 0 Å². The van der Waals surface area contributed by atoms with Crippen LogP contribution < -0.4 is 5.32 Å². The molecule has 1 saturated carbocycles. The molecule has 29 heavy (non-hydrogen) atoms. The average Bonchev–Trinajstić information content (AvgIpc) is 3.14. The van der Waals surface area contributed by atoms with Gasteiger partial charge in [-0.15, -0.1) is 24.0 Å². The lowest BCUT2D eigenvalue weighted by Gasteiger charge is -2.36. The number of ether oxygens (including phenoxy) is 1. The molecule has 1 N–H and O–H groups in total. The van der Waals surface area contributed by atoms with Crippen molar-refractivity contribution in [3.8, 4) is 0 Å². The summed E-state index contributed by atoms with van der Waals surface area (Å²) in [5.41, 5.74) is 0. The monoisotopic (exact) mass is 521 g/mol. The van der Waals surface area contributed by atoms with Gasteiger partial charge in [0.25, 0.3) is 0 Å². The Morgan fingerprint density at radius 3 is 2.21 bits per heavy atom. The Bertz CT molecular complexity index is 497. The van der Waals surface area contributed by atoms with E-state index in [0.717, 1.165) is 71.2 Å². The van der Waals surface area contributed by atoms with E-state index in [-0.39, 0.29) is 24.0 Å². The summed E-state index contributed by atoms with van der Waals surface area (Å²) < 4.78 is 6.07. The number of nitrogens with one attached hydrogen (secondary N) is 1. The van der Waals surface area contributed by atoms with Gasteiger partial charge in [0.1, 0.15) is 0 Å². The third-order valence-electron chi connectivity index (χ3n) is 6.24. The molecular weight excluding hydrogens is 481 g/mol.